The van der Waals surface area contributed by atoms with Gasteiger partial charge in [-0.1, -0.05) is 15.9 Å². The summed E-state index contributed by atoms with van der Waals surface area (Å²) in [5, 5.41) is 6.27. The van der Waals surface area contributed by atoms with Gasteiger partial charge in [-0.3, -0.25) is 14.5 Å². The molecule has 7 heteroatoms. The van der Waals surface area contributed by atoms with Crippen LogP contribution in [0.25, 0.3) is 0 Å². The molecule has 2 aliphatic rings. The lowest BCUT2D eigenvalue weighted by atomic mass is 10.00. The van der Waals surface area contributed by atoms with E-state index in [0.29, 0.717) is 23.9 Å². The summed E-state index contributed by atoms with van der Waals surface area (Å²) in [4.78, 5) is 25.8. The van der Waals surface area contributed by atoms with Crippen LogP contribution in [0, 0.1) is 5.92 Å². The van der Waals surface area contributed by atoms with Crippen molar-refractivity contribution >= 4 is 33.4 Å². The summed E-state index contributed by atoms with van der Waals surface area (Å²) in [6.07, 6.45) is 2.27. The third kappa shape index (κ3) is 4.03. The highest BCUT2D eigenvalue weighted by Gasteiger charge is 2.27. The number of hydrogen-bond donors (Lipinski definition) is 2. The van der Waals surface area contributed by atoms with Gasteiger partial charge in [0.1, 0.15) is 12.3 Å². The lowest BCUT2D eigenvalue weighted by Crippen LogP contribution is -2.46. The molecule has 23 heavy (non-hydrogen) atoms. The Labute approximate surface area is 143 Å². The molecule has 3 rings (SSSR count). The van der Waals surface area contributed by atoms with Crippen LogP contribution in [0.4, 0.5) is 5.69 Å². The molecule has 6 nitrogen and oxygen atoms in total. The molecule has 2 N–H and O–H groups in total. The van der Waals surface area contributed by atoms with Gasteiger partial charge in [0.15, 0.2) is 6.61 Å². The van der Waals surface area contributed by atoms with Crippen LogP contribution in [-0.2, 0) is 9.59 Å². The molecule has 2 heterocycles. The van der Waals surface area contributed by atoms with Crippen molar-refractivity contribution in [1.82, 2.24) is 10.6 Å². The Hall–Kier alpha value is -1.60. The van der Waals surface area contributed by atoms with Crippen molar-refractivity contribution in [3.05, 3.63) is 22.7 Å². The van der Waals surface area contributed by atoms with Crippen molar-refractivity contribution in [3.63, 3.8) is 0 Å². The number of fused-ring (bicyclic) bond motifs is 1. The summed E-state index contributed by atoms with van der Waals surface area (Å²) in [6.45, 7) is 2.63. The van der Waals surface area contributed by atoms with Gasteiger partial charge < -0.3 is 15.4 Å². The fourth-order valence-electron chi connectivity index (χ4n) is 2.91. The third-order valence-corrected chi connectivity index (χ3v) is 4.65. The summed E-state index contributed by atoms with van der Waals surface area (Å²) >= 11 is 3.38. The summed E-state index contributed by atoms with van der Waals surface area (Å²) in [6, 6.07) is 5.43. The van der Waals surface area contributed by atoms with E-state index in [1.165, 1.54) is 4.90 Å². The first kappa shape index (κ1) is 16.3. The van der Waals surface area contributed by atoms with Crippen molar-refractivity contribution < 1.29 is 14.3 Å². The normalized spacial score (nSPS) is 20.7. The third-order valence-electron chi connectivity index (χ3n) is 4.15. The summed E-state index contributed by atoms with van der Waals surface area (Å²) in [5.74, 6) is 0.744. The highest BCUT2D eigenvalue weighted by molar-refractivity contribution is 9.10. The first-order chi connectivity index (χ1) is 11.1. The van der Waals surface area contributed by atoms with E-state index < -0.39 is 0 Å². The SMILES string of the molecule is O=C(CN1C(=O)COc2cc(Br)ccc21)NCC1CCCNC1. The van der Waals surface area contributed by atoms with E-state index in [0.717, 1.165) is 30.4 Å². The van der Waals surface area contributed by atoms with Gasteiger partial charge in [-0.2, -0.15) is 0 Å². The molecule has 0 saturated carbocycles. The molecule has 0 aliphatic carbocycles. The number of carbonyl (C=O) groups excluding carboxylic acids is 2. The molecular weight excluding hydrogens is 362 g/mol. The zero-order valence-corrected chi connectivity index (χ0v) is 14.4. The number of nitrogens with one attached hydrogen (secondary N) is 2. The number of nitrogens with zero attached hydrogens (tertiary/aromatic N) is 1. The molecule has 0 aromatic heterocycles. The first-order valence-electron chi connectivity index (χ1n) is 7.83. The zero-order valence-electron chi connectivity index (χ0n) is 12.8. The standard InChI is InChI=1S/C16H20BrN3O3/c17-12-3-4-13-14(6-12)23-10-16(22)20(13)9-15(21)19-8-11-2-1-5-18-7-11/h3-4,6,11,18H,1-2,5,7-10H2,(H,19,21). The molecule has 1 fully saturated rings. The average molecular weight is 382 g/mol. The van der Waals surface area contributed by atoms with Crippen LogP contribution in [-0.4, -0.2) is 44.6 Å². The average Bonchev–Trinajstić information content (AvgIpc) is 2.56. The number of rotatable bonds is 4. The fourth-order valence-corrected chi connectivity index (χ4v) is 3.25. The van der Waals surface area contributed by atoms with Crippen molar-refractivity contribution in [2.75, 3.05) is 37.7 Å². The maximum Gasteiger partial charge on any atom is 0.265 e. The molecule has 124 valence electrons. The number of halogens is 1. The Bertz CT molecular complexity index is 602. The van der Waals surface area contributed by atoms with Crippen LogP contribution in [0.1, 0.15) is 12.8 Å². The van der Waals surface area contributed by atoms with E-state index in [-0.39, 0.29) is 25.0 Å². The number of hydrogen-bond acceptors (Lipinski definition) is 4. The smallest absolute Gasteiger partial charge is 0.265 e. The van der Waals surface area contributed by atoms with Gasteiger partial charge in [0.2, 0.25) is 5.91 Å². The molecule has 1 saturated heterocycles. The van der Waals surface area contributed by atoms with Crippen LogP contribution in [0.5, 0.6) is 5.75 Å². The Kier molecular flexibility index (Phi) is 5.17. The molecule has 1 unspecified atom stereocenters. The van der Waals surface area contributed by atoms with Crippen LogP contribution in [0.3, 0.4) is 0 Å². The van der Waals surface area contributed by atoms with Crippen molar-refractivity contribution in [3.8, 4) is 5.75 Å². The number of anilines is 1. The lowest BCUT2D eigenvalue weighted by molar-refractivity contribution is -0.125. The van der Waals surface area contributed by atoms with Crippen LogP contribution in [0.15, 0.2) is 22.7 Å². The zero-order chi connectivity index (χ0) is 16.2. The van der Waals surface area contributed by atoms with Gasteiger partial charge >= 0.3 is 0 Å². The number of benzene rings is 1. The van der Waals surface area contributed by atoms with Crippen LogP contribution in [0.2, 0.25) is 0 Å². The molecular formula is C16H20BrN3O3. The Morgan fingerprint density at radius 2 is 2.35 bits per heavy atom. The van der Waals surface area contributed by atoms with Crippen LogP contribution < -0.4 is 20.3 Å². The maximum absolute atomic E-state index is 12.2. The second-order valence-electron chi connectivity index (χ2n) is 5.90. The van der Waals surface area contributed by atoms with E-state index in [2.05, 4.69) is 26.6 Å². The Morgan fingerprint density at radius 1 is 1.48 bits per heavy atom. The molecule has 1 aromatic rings. The minimum Gasteiger partial charge on any atom is -0.482 e. The second kappa shape index (κ2) is 7.31. The lowest BCUT2D eigenvalue weighted by Gasteiger charge is -2.29. The number of carbonyl (C=O) groups is 2. The van der Waals surface area contributed by atoms with Gasteiger partial charge in [-0.25, -0.2) is 0 Å². The van der Waals surface area contributed by atoms with Gasteiger partial charge in [-0.15, -0.1) is 0 Å². The van der Waals surface area contributed by atoms with Crippen molar-refractivity contribution in [2.24, 2.45) is 5.92 Å². The summed E-state index contributed by atoms with van der Waals surface area (Å²) in [5.41, 5.74) is 0.638. The number of piperidine rings is 1. The van der Waals surface area contributed by atoms with E-state index in [4.69, 9.17) is 4.74 Å². The Morgan fingerprint density at radius 3 is 3.13 bits per heavy atom. The molecule has 0 bridgehead atoms. The molecule has 1 atom stereocenters. The minimum absolute atomic E-state index is 0.0248. The number of ether oxygens (including phenoxy) is 1. The van der Waals surface area contributed by atoms with E-state index >= 15 is 0 Å². The molecule has 2 amide bonds. The molecule has 0 radical (unpaired) electrons. The fraction of sp³-hybridized carbons (Fsp3) is 0.500. The highest BCUT2D eigenvalue weighted by Crippen LogP contribution is 2.34. The predicted octanol–water partition coefficient (Wildman–Crippen LogP) is 1.29. The molecule has 2 aliphatic heterocycles. The van der Waals surface area contributed by atoms with Gasteiger partial charge in [0.05, 0.1) is 5.69 Å². The predicted molar refractivity (Wildman–Crippen MR) is 90.6 cm³/mol. The topological polar surface area (TPSA) is 70.7 Å². The molecule has 0 spiro atoms. The second-order valence-corrected chi connectivity index (χ2v) is 6.81. The molecule has 1 aromatic carbocycles. The summed E-state index contributed by atoms with van der Waals surface area (Å²) in [7, 11) is 0. The maximum atomic E-state index is 12.2. The van der Waals surface area contributed by atoms with E-state index in [1.54, 1.807) is 12.1 Å². The Balaban J connectivity index is 1.60. The van der Waals surface area contributed by atoms with Gasteiger partial charge in [0.25, 0.3) is 5.91 Å². The van der Waals surface area contributed by atoms with E-state index in [9.17, 15) is 9.59 Å². The van der Waals surface area contributed by atoms with Crippen LogP contribution >= 0.6 is 15.9 Å². The summed E-state index contributed by atoms with van der Waals surface area (Å²) < 4.78 is 6.30. The van der Waals surface area contributed by atoms with Gasteiger partial charge in [-0.05, 0) is 50.0 Å². The quantitative estimate of drug-likeness (QED) is 0.824. The number of amides is 2. The highest BCUT2D eigenvalue weighted by atomic mass is 79.9. The first-order valence-corrected chi connectivity index (χ1v) is 8.63. The minimum atomic E-state index is -0.200. The van der Waals surface area contributed by atoms with Gasteiger partial charge in [0, 0.05) is 11.0 Å². The monoisotopic (exact) mass is 381 g/mol. The van der Waals surface area contributed by atoms with E-state index in [1.807, 2.05) is 6.07 Å². The van der Waals surface area contributed by atoms with Crippen molar-refractivity contribution in [1.29, 1.82) is 0 Å². The van der Waals surface area contributed by atoms with Crippen molar-refractivity contribution in [2.45, 2.75) is 12.8 Å². The largest absolute Gasteiger partial charge is 0.482 e.